The SMILES string of the molecule is C[C@@H]1CC[C@@H]([C@@H](C)C(=O)O)[C@@H]2C[C@](C)(O)CC[C@H]21. The number of fused-ring (bicyclic) bond motifs is 1. The minimum absolute atomic E-state index is 0.246. The van der Waals surface area contributed by atoms with Crippen LogP contribution in [0.3, 0.4) is 0 Å². The van der Waals surface area contributed by atoms with E-state index in [1.54, 1.807) is 0 Å². The minimum atomic E-state index is -0.682. The van der Waals surface area contributed by atoms with Crippen molar-refractivity contribution in [3.63, 3.8) is 0 Å². The van der Waals surface area contributed by atoms with Gasteiger partial charge in [0.05, 0.1) is 11.5 Å². The van der Waals surface area contributed by atoms with Crippen molar-refractivity contribution in [2.75, 3.05) is 0 Å². The highest BCUT2D eigenvalue weighted by molar-refractivity contribution is 5.69. The third kappa shape index (κ3) is 2.56. The molecule has 2 aliphatic carbocycles. The fourth-order valence-electron chi connectivity index (χ4n) is 4.32. The summed E-state index contributed by atoms with van der Waals surface area (Å²) in [7, 11) is 0. The average Bonchev–Trinajstić information content (AvgIpc) is 2.27. The smallest absolute Gasteiger partial charge is 0.306 e. The molecule has 0 unspecified atom stereocenters. The lowest BCUT2D eigenvalue weighted by atomic mass is 9.56. The third-order valence-corrected chi connectivity index (χ3v) is 5.51. The number of carboxylic acids is 1. The first kappa shape index (κ1) is 13.9. The lowest BCUT2D eigenvalue weighted by molar-refractivity contribution is -0.147. The van der Waals surface area contributed by atoms with E-state index in [1.807, 2.05) is 13.8 Å². The van der Waals surface area contributed by atoms with E-state index in [-0.39, 0.29) is 11.8 Å². The molecule has 0 spiro atoms. The van der Waals surface area contributed by atoms with E-state index in [9.17, 15) is 15.0 Å². The van der Waals surface area contributed by atoms with Crippen LogP contribution >= 0.6 is 0 Å². The number of aliphatic hydroxyl groups is 1. The van der Waals surface area contributed by atoms with Gasteiger partial charge >= 0.3 is 5.97 Å². The van der Waals surface area contributed by atoms with Crippen LogP contribution in [0.2, 0.25) is 0 Å². The van der Waals surface area contributed by atoms with Crippen molar-refractivity contribution in [2.45, 2.75) is 58.5 Å². The van der Waals surface area contributed by atoms with Crippen LogP contribution in [0.25, 0.3) is 0 Å². The summed E-state index contributed by atoms with van der Waals surface area (Å²) in [6.45, 7) is 6.04. The summed E-state index contributed by atoms with van der Waals surface area (Å²) in [5.74, 6) is 0.977. The Balaban J connectivity index is 2.19. The molecule has 0 heterocycles. The second kappa shape index (κ2) is 4.84. The summed E-state index contributed by atoms with van der Waals surface area (Å²) in [6, 6.07) is 0. The maximum absolute atomic E-state index is 11.3. The van der Waals surface area contributed by atoms with E-state index < -0.39 is 11.6 Å². The van der Waals surface area contributed by atoms with Gasteiger partial charge in [0, 0.05) is 0 Å². The number of rotatable bonds is 2. The molecule has 0 amide bonds. The van der Waals surface area contributed by atoms with Crippen LogP contribution in [0, 0.1) is 29.6 Å². The van der Waals surface area contributed by atoms with E-state index in [4.69, 9.17) is 0 Å². The summed E-state index contributed by atoms with van der Waals surface area (Å²) < 4.78 is 0. The number of carbonyl (C=O) groups is 1. The Kier molecular flexibility index (Phi) is 3.72. The monoisotopic (exact) mass is 254 g/mol. The zero-order chi connectivity index (χ0) is 13.5. The molecule has 2 saturated carbocycles. The number of hydrogen-bond acceptors (Lipinski definition) is 2. The predicted molar refractivity (Wildman–Crippen MR) is 70.1 cm³/mol. The minimum Gasteiger partial charge on any atom is -0.481 e. The van der Waals surface area contributed by atoms with Gasteiger partial charge in [-0.15, -0.1) is 0 Å². The van der Waals surface area contributed by atoms with Gasteiger partial charge < -0.3 is 10.2 Å². The van der Waals surface area contributed by atoms with Crippen molar-refractivity contribution in [3.05, 3.63) is 0 Å². The number of aliphatic carboxylic acids is 1. The molecule has 104 valence electrons. The highest BCUT2D eigenvalue weighted by atomic mass is 16.4. The molecular formula is C15H26O3. The highest BCUT2D eigenvalue weighted by Crippen LogP contribution is 2.51. The van der Waals surface area contributed by atoms with Crippen LogP contribution in [0.4, 0.5) is 0 Å². The molecule has 18 heavy (non-hydrogen) atoms. The predicted octanol–water partition coefficient (Wildman–Crippen LogP) is 2.92. The first-order chi connectivity index (χ1) is 8.32. The van der Waals surface area contributed by atoms with Gasteiger partial charge in [-0.3, -0.25) is 4.79 Å². The fraction of sp³-hybridized carbons (Fsp3) is 0.933. The van der Waals surface area contributed by atoms with Gasteiger partial charge in [-0.2, -0.15) is 0 Å². The lowest BCUT2D eigenvalue weighted by Gasteiger charge is -2.50. The zero-order valence-electron chi connectivity index (χ0n) is 11.7. The Hall–Kier alpha value is -0.570. The molecule has 0 aromatic carbocycles. The summed E-state index contributed by atoms with van der Waals surface area (Å²) in [4.78, 5) is 11.3. The Bertz CT molecular complexity index is 324. The van der Waals surface area contributed by atoms with Crippen LogP contribution in [0.15, 0.2) is 0 Å². The van der Waals surface area contributed by atoms with Crippen molar-refractivity contribution < 1.29 is 15.0 Å². The summed E-state index contributed by atoms with van der Waals surface area (Å²) in [6.07, 6.45) is 4.86. The maximum atomic E-state index is 11.3. The van der Waals surface area contributed by atoms with Crippen LogP contribution in [0.1, 0.15) is 52.9 Å². The molecule has 6 atom stereocenters. The Morgan fingerprint density at radius 2 is 1.94 bits per heavy atom. The number of hydrogen-bond donors (Lipinski definition) is 2. The highest BCUT2D eigenvalue weighted by Gasteiger charge is 2.47. The molecule has 2 N–H and O–H groups in total. The first-order valence-corrected chi connectivity index (χ1v) is 7.27. The molecule has 3 heteroatoms. The molecule has 0 bridgehead atoms. The first-order valence-electron chi connectivity index (χ1n) is 7.27. The van der Waals surface area contributed by atoms with Gasteiger partial charge in [0.2, 0.25) is 0 Å². The third-order valence-electron chi connectivity index (χ3n) is 5.51. The average molecular weight is 254 g/mol. The lowest BCUT2D eigenvalue weighted by Crippen LogP contribution is -2.46. The zero-order valence-corrected chi connectivity index (χ0v) is 11.7. The maximum Gasteiger partial charge on any atom is 0.306 e. The number of carboxylic acid groups (broad SMARTS) is 1. The molecular weight excluding hydrogens is 228 g/mol. The van der Waals surface area contributed by atoms with Crippen molar-refractivity contribution >= 4 is 5.97 Å². The van der Waals surface area contributed by atoms with Crippen LogP contribution in [0.5, 0.6) is 0 Å². The van der Waals surface area contributed by atoms with E-state index in [2.05, 4.69) is 6.92 Å². The van der Waals surface area contributed by atoms with Gasteiger partial charge in [0.15, 0.2) is 0 Å². The van der Waals surface area contributed by atoms with Gasteiger partial charge in [0.25, 0.3) is 0 Å². The topological polar surface area (TPSA) is 57.5 Å². The van der Waals surface area contributed by atoms with E-state index in [0.29, 0.717) is 17.8 Å². The van der Waals surface area contributed by atoms with E-state index >= 15 is 0 Å². The summed E-state index contributed by atoms with van der Waals surface area (Å²) >= 11 is 0. The van der Waals surface area contributed by atoms with Crippen molar-refractivity contribution in [2.24, 2.45) is 29.6 Å². The van der Waals surface area contributed by atoms with Crippen LogP contribution < -0.4 is 0 Å². The Labute approximate surface area is 110 Å². The van der Waals surface area contributed by atoms with Crippen molar-refractivity contribution in [1.82, 2.24) is 0 Å². The molecule has 0 aliphatic heterocycles. The largest absolute Gasteiger partial charge is 0.481 e. The van der Waals surface area contributed by atoms with Crippen LogP contribution in [-0.2, 0) is 4.79 Å². The van der Waals surface area contributed by atoms with Gasteiger partial charge in [0.1, 0.15) is 0 Å². The second-order valence-electron chi connectivity index (χ2n) is 6.91. The molecule has 0 aromatic heterocycles. The molecule has 0 saturated heterocycles. The van der Waals surface area contributed by atoms with Crippen LogP contribution in [-0.4, -0.2) is 21.8 Å². The molecule has 3 nitrogen and oxygen atoms in total. The fourth-order valence-corrected chi connectivity index (χ4v) is 4.32. The molecule has 0 aromatic rings. The summed E-state index contributed by atoms with van der Waals surface area (Å²) in [5.41, 5.74) is -0.589. The van der Waals surface area contributed by atoms with E-state index in [0.717, 1.165) is 32.1 Å². The van der Waals surface area contributed by atoms with Gasteiger partial charge in [-0.05, 0) is 56.3 Å². The van der Waals surface area contributed by atoms with E-state index in [1.165, 1.54) is 0 Å². The van der Waals surface area contributed by atoms with Gasteiger partial charge in [-0.25, -0.2) is 0 Å². The standard InChI is InChI=1S/C15H26O3/c1-9-4-5-12(10(2)14(16)17)13-8-15(3,18)7-6-11(9)13/h9-13,18H,4-8H2,1-3H3,(H,16,17)/t9-,10-,11+,12+,13-,15-/m1/s1. The molecule has 2 rings (SSSR count). The van der Waals surface area contributed by atoms with Crippen molar-refractivity contribution in [3.8, 4) is 0 Å². The normalized spacial score (nSPS) is 46.2. The molecule has 2 fully saturated rings. The van der Waals surface area contributed by atoms with Gasteiger partial charge in [-0.1, -0.05) is 20.3 Å². The molecule has 2 aliphatic rings. The quantitative estimate of drug-likeness (QED) is 0.796. The summed E-state index contributed by atoms with van der Waals surface area (Å²) in [5, 5.41) is 19.5. The Morgan fingerprint density at radius 1 is 1.28 bits per heavy atom. The molecule has 0 radical (unpaired) electrons. The second-order valence-corrected chi connectivity index (χ2v) is 6.91. The Morgan fingerprint density at radius 3 is 2.56 bits per heavy atom. The van der Waals surface area contributed by atoms with Crippen molar-refractivity contribution in [1.29, 1.82) is 0 Å².